The average molecular weight is 377 g/mol. The minimum absolute atomic E-state index is 0.154. The van der Waals surface area contributed by atoms with Crippen molar-refractivity contribution in [3.05, 3.63) is 58.6 Å². The summed E-state index contributed by atoms with van der Waals surface area (Å²) in [6.45, 7) is 0.262. The van der Waals surface area contributed by atoms with Crippen LogP contribution in [0.25, 0.3) is 0 Å². The molecular formula is C17H17BrN2O3. The number of anilines is 1. The Balaban J connectivity index is 1.78. The van der Waals surface area contributed by atoms with Crippen LogP contribution in [-0.2, 0) is 4.79 Å². The van der Waals surface area contributed by atoms with Crippen LogP contribution in [-0.4, -0.2) is 25.5 Å². The molecule has 0 saturated carbocycles. The molecule has 0 bridgehead atoms. The second-order valence-electron chi connectivity index (χ2n) is 4.79. The molecule has 23 heavy (non-hydrogen) atoms. The lowest BCUT2D eigenvalue weighted by molar-refractivity contribution is -0.116. The Morgan fingerprint density at radius 1 is 1.13 bits per heavy atom. The molecule has 2 amide bonds. The fourth-order valence-electron chi connectivity index (χ4n) is 1.91. The van der Waals surface area contributed by atoms with E-state index in [-0.39, 0.29) is 24.8 Å². The normalized spacial score (nSPS) is 10.0. The number of amides is 2. The molecule has 0 aliphatic carbocycles. The highest BCUT2D eigenvalue weighted by atomic mass is 79.9. The number of benzene rings is 2. The van der Waals surface area contributed by atoms with E-state index < -0.39 is 0 Å². The summed E-state index contributed by atoms with van der Waals surface area (Å²) in [6, 6.07) is 14.2. The van der Waals surface area contributed by atoms with Gasteiger partial charge in [0.05, 0.1) is 7.11 Å². The number of carbonyl (C=O) groups excluding carboxylic acids is 2. The second kappa shape index (κ2) is 8.33. The van der Waals surface area contributed by atoms with Crippen molar-refractivity contribution in [3.63, 3.8) is 0 Å². The average Bonchev–Trinajstić information content (AvgIpc) is 2.57. The molecule has 0 atom stereocenters. The number of carbonyl (C=O) groups is 2. The molecule has 2 N–H and O–H groups in total. The van der Waals surface area contributed by atoms with E-state index in [0.717, 1.165) is 10.2 Å². The Morgan fingerprint density at radius 2 is 1.87 bits per heavy atom. The van der Waals surface area contributed by atoms with Crippen LogP contribution in [0.4, 0.5) is 5.69 Å². The van der Waals surface area contributed by atoms with Crippen LogP contribution < -0.4 is 15.4 Å². The van der Waals surface area contributed by atoms with Gasteiger partial charge in [-0.15, -0.1) is 0 Å². The van der Waals surface area contributed by atoms with Crippen LogP contribution in [0.5, 0.6) is 5.75 Å². The van der Waals surface area contributed by atoms with Crippen molar-refractivity contribution in [1.29, 1.82) is 0 Å². The van der Waals surface area contributed by atoms with E-state index in [1.165, 1.54) is 0 Å². The van der Waals surface area contributed by atoms with Gasteiger partial charge in [-0.2, -0.15) is 0 Å². The molecule has 2 rings (SSSR count). The monoisotopic (exact) mass is 376 g/mol. The van der Waals surface area contributed by atoms with Gasteiger partial charge < -0.3 is 15.4 Å². The molecule has 5 nitrogen and oxygen atoms in total. The van der Waals surface area contributed by atoms with Crippen LogP contribution in [0.1, 0.15) is 16.8 Å². The molecule has 6 heteroatoms. The smallest absolute Gasteiger partial charge is 0.251 e. The highest BCUT2D eigenvalue weighted by Gasteiger charge is 2.08. The van der Waals surface area contributed by atoms with Gasteiger partial charge in [0.1, 0.15) is 5.75 Å². The first-order valence-electron chi connectivity index (χ1n) is 7.06. The third kappa shape index (κ3) is 5.41. The zero-order chi connectivity index (χ0) is 16.7. The van der Waals surface area contributed by atoms with Crippen LogP contribution >= 0.6 is 15.9 Å². The summed E-state index contributed by atoms with van der Waals surface area (Å²) in [7, 11) is 1.55. The maximum absolute atomic E-state index is 12.0. The van der Waals surface area contributed by atoms with Crippen molar-refractivity contribution in [3.8, 4) is 5.75 Å². The summed E-state index contributed by atoms with van der Waals surface area (Å²) in [5.74, 6) is 0.226. The van der Waals surface area contributed by atoms with Crippen LogP contribution in [0, 0.1) is 0 Å². The SMILES string of the molecule is COc1cccc(C(=O)NCCC(=O)Nc2ccc(Br)cc2)c1. The van der Waals surface area contributed by atoms with Crippen molar-refractivity contribution in [2.24, 2.45) is 0 Å². The topological polar surface area (TPSA) is 67.4 Å². The Hall–Kier alpha value is -2.34. The van der Waals surface area contributed by atoms with Gasteiger partial charge in [-0.05, 0) is 42.5 Å². The maximum atomic E-state index is 12.0. The largest absolute Gasteiger partial charge is 0.497 e. The van der Waals surface area contributed by atoms with Gasteiger partial charge in [0.15, 0.2) is 0 Å². The number of hydrogen-bond donors (Lipinski definition) is 2. The summed E-state index contributed by atoms with van der Waals surface area (Å²) in [5.41, 5.74) is 1.22. The third-order valence-corrected chi connectivity index (χ3v) is 3.63. The van der Waals surface area contributed by atoms with Gasteiger partial charge in [0.2, 0.25) is 5.91 Å². The van der Waals surface area contributed by atoms with E-state index >= 15 is 0 Å². The molecular weight excluding hydrogens is 360 g/mol. The van der Waals surface area contributed by atoms with Gasteiger partial charge in [0.25, 0.3) is 5.91 Å². The first kappa shape index (κ1) is 17.0. The van der Waals surface area contributed by atoms with E-state index in [4.69, 9.17) is 4.74 Å². The number of rotatable bonds is 6. The van der Waals surface area contributed by atoms with Gasteiger partial charge in [-0.1, -0.05) is 22.0 Å². The van der Waals surface area contributed by atoms with E-state index in [0.29, 0.717) is 11.3 Å². The maximum Gasteiger partial charge on any atom is 0.251 e. The highest BCUT2D eigenvalue weighted by Crippen LogP contribution is 2.14. The lowest BCUT2D eigenvalue weighted by Gasteiger charge is -2.08. The Kier molecular flexibility index (Phi) is 6.17. The molecule has 0 fully saturated rings. The second-order valence-corrected chi connectivity index (χ2v) is 5.71. The van der Waals surface area contributed by atoms with Gasteiger partial charge in [-0.25, -0.2) is 0 Å². The summed E-state index contributed by atoms with van der Waals surface area (Å²) in [4.78, 5) is 23.8. The van der Waals surface area contributed by atoms with Crippen LogP contribution in [0.3, 0.4) is 0 Å². The van der Waals surface area contributed by atoms with E-state index in [1.807, 2.05) is 12.1 Å². The van der Waals surface area contributed by atoms with E-state index in [9.17, 15) is 9.59 Å². The minimum atomic E-state index is -0.236. The Morgan fingerprint density at radius 3 is 2.57 bits per heavy atom. The first-order valence-corrected chi connectivity index (χ1v) is 7.85. The number of hydrogen-bond acceptors (Lipinski definition) is 3. The third-order valence-electron chi connectivity index (χ3n) is 3.10. The number of halogens is 1. The predicted molar refractivity (Wildman–Crippen MR) is 92.7 cm³/mol. The van der Waals surface area contributed by atoms with Crippen LogP contribution in [0.15, 0.2) is 53.0 Å². The van der Waals surface area contributed by atoms with E-state index in [1.54, 1.807) is 43.5 Å². The molecule has 120 valence electrons. The molecule has 0 heterocycles. The molecule has 0 aromatic heterocycles. The van der Waals surface area contributed by atoms with Crippen molar-refractivity contribution in [1.82, 2.24) is 5.32 Å². The van der Waals surface area contributed by atoms with E-state index in [2.05, 4.69) is 26.6 Å². The molecule has 2 aromatic rings. The summed E-state index contributed by atoms with van der Waals surface area (Å²) in [5, 5.41) is 5.48. The van der Waals surface area contributed by atoms with Crippen molar-refractivity contribution in [2.75, 3.05) is 19.0 Å². The van der Waals surface area contributed by atoms with Crippen LogP contribution in [0.2, 0.25) is 0 Å². The number of methoxy groups -OCH3 is 1. The van der Waals surface area contributed by atoms with Gasteiger partial charge >= 0.3 is 0 Å². The van der Waals surface area contributed by atoms with Crippen molar-refractivity contribution in [2.45, 2.75) is 6.42 Å². The molecule has 0 spiro atoms. The number of ether oxygens (including phenoxy) is 1. The number of nitrogens with one attached hydrogen (secondary N) is 2. The first-order chi connectivity index (χ1) is 11.1. The highest BCUT2D eigenvalue weighted by molar-refractivity contribution is 9.10. The van der Waals surface area contributed by atoms with Gasteiger partial charge in [0, 0.05) is 28.7 Å². The quantitative estimate of drug-likeness (QED) is 0.813. The molecule has 0 aliphatic rings. The standard InChI is InChI=1S/C17H17BrN2O3/c1-23-15-4-2-3-12(11-15)17(22)19-10-9-16(21)20-14-7-5-13(18)6-8-14/h2-8,11H,9-10H2,1H3,(H,19,22)(H,20,21). The van der Waals surface area contributed by atoms with Gasteiger partial charge in [-0.3, -0.25) is 9.59 Å². The van der Waals surface area contributed by atoms with Crippen molar-refractivity contribution < 1.29 is 14.3 Å². The predicted octanol–water partition coefficient (Wildman–Crippen LogP) is 3.22. The Bertz CT molecular complexity index is 686. The minimum Gasteiger partial charge on any atom is -0.497 e. The summed E-state index contributed by atoms with van der Waals surface area (Å²) in [6.07, 6.45) is 0.200. The molecule has 2 aromatic carbocycles. The fraction of sp³-hybridized carbons (Fsp3) is 0.176. The molecule has 0 aliphatic heterocycles. The zero-order valence-electron chi connectivity index (χ0n) is 12.6. The molecule has 0 saturated heterocycles. The molecule has 0 radical (unpaired) electrons. The summed E-state index contributed by atoms with van der Waals surface area (Å²) < 4.78 is 6.02. The zero-order valence-corrected chi connectivity index (χ0v) is 14.2. The summed E-state index contributed by atoms with van der Waals surface area (Å²) >= 11 is 3.33. The molecule has 0 unspecified atom stereocenters. The Labute approximate surface area is 143 Å². The lowest BCUT2D eigenvalue weighted by atomic mass is 10.2. The van der Waals surface area contributed by atoms with Crippen molar-refractivity contribution >= 4 is 33.4 Å². The lowest BCUT2D eigenvalue weighted by Crippen LogP contribution is -2.27. The fourth-order valence-corrected chi connectivity index (χ4v) is 2.18.